The van der Waals surface area contributed by atoms with Crippen molar-refractivity contribution in [3.8, 4) is 0 Å². The van der Waals surface area contributed by atoms with E-state index in [1.165, 1.54) is 0 Å². The molecular weight excluding hydrogens is 345 g/mol. The van der Waals surface area contributed by atoms with Gasteiger partial charge in [-0.25, -0.2) is 0 Å². The minimum absolute atomic E-state index is 0.170. The van der Waals surface area contributed by atoms with Crippen LogP contribution in [0.5, 0.6) is 0 Å². The first-order valence-electron chi connectivity index (χ1n) is 7.02. The zero-order valence-corrected chi connectivity index (χ0v) is 13.7. The Balaban J connectivity index is 2.08. The normalized spacial score (nSPS) is 13.1. The van der Waals surface area contributed by atoms with Gasteiger partial charge in [0, 0.05) is 17.6 Å². The van der Waals surface area contributed by atoms with Gasteiger partial charge in [-0.15, -0.1) is 0 Å². The number of likely N-dealkylation sites (N-methyl/N-ethyl adjacent to an activating group) is 1. The van der Waals surface area contributed by atoms with Crippen molar-refractivity contribution in [1.29, 1.82) is 0 Å². The van der Waals surface area contributed by atoms with Gasteiger partial charge in [-0.2, -0.15) is 18.3 Å². The lowest BCUT2D eigenvalue weighted by Crippen LogP contribution is -2.34. The number of carbonyl (C=O) groups is 1. The van der Waals surface area contributed by atoms with Crippen LogP contribution in [0.3, 0.4) is 0 Å². The lowest BCUT2D eigenvalue weighted by atomic mass is 10.1. The summed E-state index contributed by atoms with van der Waals surface area (Å²) >= 11 is 6.17. The number of amides is 1. The minimum atomic E-state index is -4.57. The van der Waals surface area contributed by atoms with E-state index in [1.54, 1.807) is 12.1 Å². The fourth-order valence-corrected chi connectivity index (χ4v) is 2.44. The summed E-state index contributed by atoms with van der Waals surface area (Å²) in [5.74, 6) is -0.694. The molecule has 0 spiro atoms. The number of H-pyrrole nitrogens is 1. The number of hydrogen-bond donors (Lipinski definition) is 2. The zero-order valence-electron chi connectivity index (χ0n) is 13.0. The van der Waals surface area contributed by atoms with Crippen molar-refractivity contribution >= 4 is 17.5 Å². The lowest BCUT2D eigenvalue weighted by Gasteiger charge is -2.25. The molecule has 0 radical (unpaired) electrons. The van der Waals surface area contributed by atoms with E-state index < -0.39 is 17.8 Å². The molecule has 1 heterocycles. The molecule has 2 N–H and O–H groups in total. The summed E-state index contributed by atoms with van der Waals surface area (Å²) in [7, 11) is 3.63. The summed E-state index contributed by atoms with van der Waals surface area (Å²) in [5, 5.41) is 8.34. The van der Waals surface area contributed by atoms with Gasteiger partial charge in [-0.3, -0.25) is 9.89 Å². The van der Waals surface area contributed by atoms with E-state index >= 15 is 0 Å². The van der Waals surface area contributed by atoms with Crippen LogP contribution >= 0.6 is 11.6 Å². The van der Waals surface area contributed by atoms with Gasteiger partial charge in [0.05, 0.1) is 6.04 Å². The van der Waals surface area contributed by atoms with E-state index in [1.807, 2.05) is 36.2 Å². The Morgan fingerprint density at radius 2 is 2.04 bits per heavy atom. The van der Waals surface area contributed by atoms with Gasteiger partial charge in [0.1, 0.15) is 5.69 Å². The standard InChI is InChI=1S/C15H16ClF3N4O/c1-23(2)12(9-5-3-4-6-10(9)16)8-20-14(24)11-7-13(22-21-11)15(17,18)19/h3-7,12H,8H2,1-2H3,(H,20,24)(H,21,22)/t12-/m1/s1. The van der Waals surface area contributed by atoms with Gasteiger partial charge < -0.3 is 10.2 Å². The number of alkyl halides is 3. The first kappa shape index (κ1) is 18.3. The predicted octanol–water partition coefficient (Wildman–Crippen LogP) is 3.11. The van der Waals surface area contributed by atoms with Gasteiger partial charge in [0.25, 0.3) is 5.91 Å². The van der Waals surface area contributed by atoms with Crippen LogP contribution in [-0.4, -0.2) is 41.6 Å². The summed E-state index contributed by atoms with van der Waals surface area (Å²) in [6.45, 7) is 0.170. The van der Waals surface area contributed by atoms with Crippen LogP contribution in [0.15, 0.2) is 30.3 Å². The van der Waals surface area contributed by atoms with Crippen molar-refractivity contribution in [2.24, 2.45) is 0 Å². The highest BCUT2D eigenvalue weighted by Gasteiger charge is 2.33. The third kappa shape index (κ3) is 4.27. The topological polar surface area (TPSA) is 61.0 Å². The number of halogens is 4. The van der Waals surface area contributed by atoms with Gasteiger partial charge in [-0.1, -0.05) is 29.8 Å². The zero-order chi connectivity index (χ0) is 17.9. The second-order valence-electron chi connectivity index (χ2n) is 5.38. The van der Waals surface area contributed by atoms with Gasteiger partial charge in [0.15, 0.2) is 5.69 Å². The lowest BCUT2D eigenvalue weighted by molar-refractivity contribution is -0.141. The first-order valence-corrected chi connectivity index (χ1v) is 7.39. The summed E-state index contributed by atoms with van der Waals surface area (Å²) in [4.78, 5) is 13.9. The molecule has 1 aromatic heterocycles. The smallest absolute Gasteiger partial charge is 0.349 e. The highest BCUT2D eigenvalue weighted by atomic mass is 35.5. The van der Waals surface area contributed by atoms with Crippen LogP contribution in [-0.2, 0) is 6.18 Å². The second kappa shape index (κ2) is 7.23. The van der Waals surface area contributed by atoms with Crippen molar-refractivity contribution < 1.29 is 18.0 Å². The maximum absolute atomic E-state index is 12.5. The van der Waals surface area contributed by atoms with Gasteiger partial charge >= 0.3 is 6.18 Å². The fraction of sp³-hybridized carbons (Fsp3) is 0.333. The van der Waals surface area contributed by atoms with Crippen molar-refractivity contribution in [2.45, 2.75) is 12.2 Å². The Hall–Kier alpha value is -2.06. The maximum atomic E-state index is 12.5. The van der Waals surface area contributed by atoms with Crippen LogP contribution < -0.4 is 5.32 Å². The molecule has 2 aromatic rings. The third-order valence-electron chi connectivity index (χ3n) is 3.46. The van der Waals surface area contributed by atoms with E-state index in [0.717, 1.165) is 5.56 Å². The Morgan fingerprint density at radius 1 is 1.38 bits per heavy atom. The van der Waals surface area contributed by atoms with E-state index in [2.05, 4.69) is 10.4 Å². The van der Waals surface area contributed by atoms with E-state index in [9.17, 15) is 18.0 Å². The second-order valence-corrected chi connectivity index (χ2v) is 5.78. The Bertz CT molecular complexity index is 715. The molecule has 2 rings (SSSR count). The van der Waals surface area contributed by atoms with Crippen LogP contribution in [0.4, 0.5) is 13.2 Å². The predicted molar refractivity (Wildman–Crippen MR) is 83.8 cm³/mol. The highest BCUT2D eigenvalue weighted by molar-refractivity contribution is 6.31. The Labute approximate surface area is 141 Å². The Morgan fingerprint density at radius 3 is 2.58 bits per heavy atom. The average molecular weight is 361 g/mol. The number of aromatic nitrogens is 2. The molecule has 5 nitrogen and oxygen atoms in total. The maximum Gasteiger partial charge on any atom is 0.432 e. The SMILES string of the molecule is CN(C)[C@H](CNC(=O)c1cc(C(F)(F)F)[nH]n1)c1ccccc1Cl. The van der Waals surface area contributed by atoms with E-state index in [-0.39, 0.29) is 18.3 Å². The molecule has 0 aliphatic heterocycles. The molecule has 0 fully saturated rings. The number of nitrogens with one attached hydrogen (secondary N) is 2. The molecule has 0 unspecified atom stereocenters. The molecule has 0 aliphatic carbocycles. The Kier molecular flexibility index (Phi) is 5.51. The molecule has 0 saturated carbocycles. The van der Waals surface area contributed by atoms with Crippen LogP contribution in [0.2, 0.25) is 5.02 Å². The minimum Gasteiger partial charge on any atom is -0.349 e. The summed E-state index contributed by atoms with van der Waals surface area (Å²) in [5.41, 5.74) is -0.579. The third-order valence-corrected chi connectivity index (χ3v) is 3.80. The van der Waals surface area contributed by atoms with Crippen LogP contribution in [0.1, 0.15) is 27.8 Å². The number of benzene rings is 1. The molecule has 0 bridgehead atoms. The van der Waals surface area contributed by atoms with Crippen molar-refractivity contribution in [3.63, 3.8) is 0 Å². The average Bonchev–Trinajstić information content (AvgIpc) is 2.98. The molecule has 130 valence electrons. The summed E-state index contributed by atoms with van der Waals surface area (Å²) in [6, 6.07) is 7.62. The van der Waals surface area contributed by atoms with Crippen molar-refractivity contribution in [2.75, 3.05) is 20.6 Å². The van der Waals surface area contributed by atoms with Crippen LogP contribution in [0, 0.1) is 0 Å². The molecule has 1 amide bonds. The number of aromatic amines is 1. The summed E-state index contributed by atoms with van der Waals surface area (Å²) in [6.07, 6.45) is -4.57. The highest BCUT2D eigenvalue weighted by Crippen LogP contribution is 2.28. The quantitative estimate of drug-likeness (QED) is 0.861. The van der Waals surface area contributed by atoms with Crippen molar-refractivity contribution in [3.05, 3.63) is 52.3 Å². The van der Waals surface area contributed by atoms with E-state index in [4.69, 9.17) is 11.6 Å². The van der Waals surface area contributed by atoms with E-state index in [0.29, 0.717) is 11.1 Å². The number of carbonyl (C=O) groups excluding carboxylic acids is 1. The molecule has 24 heavy (non-hydrogen) atoms. The molecule has 9 heteroatoms. The monoisotopic (exact) mass is 360 g/mol. The number of nitrogens with zero attached hydrogens (tertiary/aromatic N) is 2. The molecule has 0 aliphatic rings. The first-order chi connectivity index (χ1) is 11.2. The molecular formula is C15H16ClF3N4O. The molecule has 1 aromatic carbocycles. The van der Waals surface area contributed by atoms with Crippen LogP contribution in [0.25, 0.3) is 0 Å². The molecule has 1 atom stereocenters. The number of hydrogen-bond acceptors (Lipinski definition) is 3. The largest absolute Gasteiger partial charge is 0.432 e. The summed E-state index contributed by atoms with van der Waals surface area (Å²) < 4.78 is 37.6. The van der Waals surface area contributed by atoms with Crippen molar-refractivity contribution in [1.82, 2.24) is 20.4 Å². The molecule has 0 saturated heterocycles. The van der Waals surface area contributed by atoms with Gasteiger partial charge in [-0.05, 0) is 25.7 Å². The fourth-order valence-electron chi connectivity index (χ4n) is 2.18. The number of rotatable bonds is 5. The van der Waals surface area contributed by atoms with Gasteiger partial charge in [0.2, 0.25) is 0 Å².